The number of piperazine rings is 1. The van der Waals surface area contributed by atoms with Gasteiger partial charge in [-0.1, -0.05) is 12.1 Å². The molecule has 1 unspecified atom stereocenters. The Morgan fingerprint density at radius 3 is 3.00 bits per heavy atom. The molecule has 3 rings (SSSR count). The molecule has 1 aliphatic rings. The Kier molecular flexibility index (Phi) is 3.31. The van der Waals surface area contributed by atoms with Crippen molar-refractivity contribution < 1.29 is 4.79 Å². The molecule has 1 aromatic heterocycles. The second-order valence-corrected chi connectivity index (χ2v) is 4.99. The van der Waals surface area contributed by atoms with Gasteiger partial charge in [0.2, 0.25) is 11.9 Å². The Morgan fingerprint density at radius 2 is 2.25 bits per heavy atom. The van der Waals surface area contributed by atoms with Crippen LogP contribution in [0, 0.1) is 0 Å². The molecule has 0 bridgehead atoms. The molecule has 2 N–H and O–H groups in total. The molecule has 2 aromatic rings. The summed E-state index contributed by atoms with van der Waals surface area (Å²) in [6.07, 6.45) is 0. The molecule has 1 amide bonds. The summed E-state index contributed by atoms with van der Waals surface area (Å²) in [6, 6.07) is 7.80. The smallest absolute Gasteiger partial charge is 0.243 e. The first-order valence-corrected chi connectivity index (χ1v) is 6.83. The van der Waals surface area contributed by atoms with E-state index in [1.807, 2.05) is 31.3 Å². The first kappa shape index (κ1) is 12.9. The van der Waals surface area contributed by atoms with Gasteiger partial charge < -0.3 is 20.1 Å². The number of hydrogen-bond acceptors (Lipinski definition) is 4. The highest BCUT2D eigenvalue weighted by atomic mass is 16.2. The second kappa shape index (κ2) is 5.13. The zero-order valence-corrected chi connectivity index (χ0v) is 11.8. The van der Waals surface area contributed by atoms with Crippen LogP contribution in [0.1, 0.15) is 0 Å². The van der Waals surface area contributed by atoms with Crippen molar-refractivity contribution in [1.29, 1.82) is 0 Å². The number of aromatic nitrogens is 2. The number of amides is 1. The summed E-state index contributed by atoms with van der Waals surface area (Å²) in [5.41, 5.74) is 2.04. The molecule has 1 saturated heterocycles. The predicted octanol–water partition coefficient (Wildman–Crippen LogP) is 0.0975. The SMILES string of the molecule is CNC(=O)C1CNCCN1c1nc2ccccc2n1C. The minimum Gasteiger partial charge on any atom is -0.357 e. The first-order chi connectivity index (χ1) is 9.72. The van der Waals surface area contributed by atoms with E-state index in [1.54, 1.807) is 7.05 Å². The number of nitrogens with one attached hydrogen (secondary N) is 2. The normalized spacial score (nSPS) is 19.3. The van der Waals surface area contributed by atoms with Crippen LogP contribution in [0.3, 0.4) is 0 Å². The Labute approximate surface area is 117 Å². The number of aryl methyl sites for hydroxylation is 1. The van der Waals surface area contributed by atoms with Crippen molar-refractivity contribution in [3.05, 3.63) is 24.3 Å². The maximum atomic E-state index is 12.0. The van der Waals surface area contributed by atoms with E-state index >= 15 is 0 Å². The average Bonchev–Trinajstić information content (AvgIpc) is 2.84. The zero-order chi connectivity index (χ0) is 14.1. The molecule has 2 heterocycles. The molecule has 1 fully saturated rings. The van der Waals surface area contributed by atoms with Gasteiger partial charge in [0, 0.05) is 33.7 Å². The highest BCUT2D eigenvalue weighted by Gasteiger charge is 2.30. The number of benzene rings is 1. The summed E-state index contributed by atoms with van der Waals surface area (Å²) in [7, 11) is 3.66. The van der Waals surface area contributed by atoms with E-state index in [9.17, 15) is 4.79 Å². The summed E-state index contributed by atoms with van der Waals surface area (Å²) in [5, 5.41) is 5.99. The van der Waals surface area contributed by atoms with Gasteiger partial charge in [-0.3, -0.25) is 4.79 Å². The van der Waals surface area contributed by atoms with Gasteiger partial charge in [0.05, 0.1) is 11.0 Å². The number of likely N-dealkylation sites (N-methyl/N-ethyl adjacent to an activating group) is 1. The molecule has 0 aliphatic carbocycles. The number of para-hydroxylation sites is 2. The lowest BCUT2D eigenvalue weighted by molar-refractivity contribution is -0.122. The molecule has 6 heteroatoms. The topological polar surface area (TPSA) is 62.2 Å². The van der Waals surface area contributed by atoms with Gasteiger partial charge in [-0.05, 0) is 12.1 Å². The maximum absolute atomic E-state index is 12.0. The van der Waals surface area contributed by atoms with Crippen LogP contribution in [0.2, 0.25) is 0 Å². The molecule has 0 spiro atoms. The van der Waals surface area contributed by atoms with Crippen LogP contribution in [-0.2, 0) is 11.8 Å². The molecule has 1 atom stereocenters. The Morgan fingerprint density at radius 1 is 1.45 bits per heavy atom. The Bertz CT molecular complexity index is 636. The Hall–Kier alpha value is -2.08. The fourth-order valence-electron chi connectivity index (χ4n) is 2.73. The van der Waals surface area contributed by atoms with E-state index in [0.29, 0.717) is 6.54 Å². The summed E-state index contributed by atoms with van der Waals surface area (Å²) in [4.78, 5) is 18.8. The minimum atomic E-state index is -0.218. The quantitative estimate of drug-likeness (QED) is 0.814. The number of rotatable bonds is 2. The summed E-state index contributed by atoms with van der Waals surface area (Å²) >= 11 is 0. The number of hydrogen-bond donors (Lipinski definition) is 2. The van der Waals surface area contributed by atoms with E-state index in [0.717, 1.165) is 30.1 Å². The lowest BCUT2D eigenvalue weighted by Crippen LogP contribution is -2.58. The number of nitrogens with zero attached hydrogens (tertiary/aromatic N) is 3. The maximum Gasteiger partial charge on any atom is 0.243 e. The van der Waals surface area contributed by atoms with Gasteiger partial charge >= 0.3 is 0 Å². The highest BCUT2D eigenvalue weighted by molar-refractivity contribution is 5.86. The molecular formula is C14H19N5O. The van der Waals surface area contributed by atoms with Gasteiger partial charge in [-0.15, -0.1) is 0 Å². The van der Waals surface area contributed by atoms with Gasteiger partial charge in [0.25, 0.3) is 0 Å². The highest BCUT2D eigenvalue weighted by Crippen LogP contribution is 2.23. The van der Waals surface area contributed by atoms with Crippen molar-refractivity contribution in [1.82, 2.24) is 20.2 Å². The molecule has 20 heavy (non-hydrogen) atoms. The second-order valence-electron chi connectivity index (χ2n) is 4.99. The number of carbonyl (C=O) groups is 1. The molecular weight excluding hydrogens is 254 g/mol. The van der Waals surface area contributed by atoms with Crippen LogP contribution in [0.15, 0.2) is 24.3 Å². The van der Waals surface area contributed by atoms with E-state index in [-0.39, 0.29) is 11.9 Å². The van der Waals surface area contributed by atoms with Crippen LogP contribution in [0.4, 0.5) is 5.95 Å². The first-order valence-electron chi connectivity index (χ1n) is 6.83. The number of imidazole rings is 1. The fourth-order valence-corrected chi connectivity index (χ4v) is 2.73. The van der Waals surface area contributed by atoms with Crippen LogP contribution in [0.5, 0.6) is 0 Å². The molecule has 0 saturated carbocycles. The number of carbonyl (C=O) groups excluding carboxylic acids is 1. The van der Waals surface area contributed by atoms with Gasteiger partial charge in [-0.2, -0.15) is 0 Å². The Balaban J connectivity index is 2.03. The monoisotopic (exact) mass is 273 g/mol. The molecule has 1 aromatic carbocycles. The lowest BCUT2D eigenvalue weighted by atomic mass is 10.2. The van der Waals surface area contributed by atoms with E-state index in [4.69, 9.17) is 0 Å². The third-order valence-corrected chi connectivity index (χ3v) is 3.81. The standard InChI is InChI=1S/C14H19N5O/c1-15-13(20)12-9-16-7-8-19(12)14-17-10-5-3-4-6-11(10)18(14)2/h3-6,12,16H,7-9H2,1-2H3,(H,15,20). The van der Waals surface area contributed by atoms with Crippen molar-refractivity contribution in [2.45, 2.75) is 6.04 Å². The van der Waals surface area contributed by atoms with Crippen LogP contribution >= 0.6 is 0 Å². The largest absolute Gasteiger partial charge is 0.357 e. The average molecular weight is 273 g/mol. The van der Waals surface area contributed by atoms with Crippen molar-refractivity contribution in [3.63, 3.8) is 0 Å². The van der Waals surface area contributed by atoms with Crippen molar-refractivity contribution in [2.75, 3.05) is 31.6 Å². The van der Waals surface area contributed by atoms with Gasteiger partial charge in [0.1, 0.15) is 6.04 Å². The van der Waals surface area contributed by atoms with Gasteiger partial charge in [-0.25, -0.2) is 4.98 Å². The third kappa shape index (κ3) is 2.02. The van der Waals surface area contributed by atoms with Crippen LogP contribution in [-0.4, -0.2) is 48.2 Å². The summed E-state index contributed by atoms with van der Waals surface area (Å²) in [5.74, 6) is 0.866. The number of anilines is 1. The number of fused-ring (bicyclic) bond motifs is 1. The van der Waals surface area contributed by atoms with E-state index < -0.39 is 0 Å². The zero-order valence-electron chi connectivity index (χ0n) is 11.8. The van der Waals surface area contributed by atoms with Crippen LogP contribution < -0.4 is 15.5 Å². The molecule has 1 aliphatic heterocycles. The molecule has 106 valence electrons. The van der Waals surface area contributed by atoms with E-state index in [1.165, 1.54) is 0 Å². The predicted molar refractivity (Wildman–Crippen MR) is 78.8 cm³/mol. The third-order valence-electron chi connectivity index (χ3n) is 3.81. The van der Waals surface area contributed by atoms with E-state index in [2.05, 4.69) is 25.1 Å². The summed E-state index contributed by atoms with van der Waals surface area (Å²) < 4.78 is 2.05. The van der Waals surface area contributed by atoms with Crippen molar-refractivity contribution in [2.24, 2.45) is 7.05 Å². The molecule has 6 nitrogen and oxygen atoms in total. The van der Waals surface area contributed by atoms with Crippen molar-refractivity contribution in [3.8, 4) is 0 Å². The van der Waals surface area contributed by atoms with Gasteiger partial charge in [0.15, 0.2) is 0 Å². The summed E-state index contributed by atoms with van der Waals surface area (Å²) in [6.45, 7) is 2.27. The van der Waals surface area contributed by atoms with Crippen molar-refractivity contribution >= 4 is 22.9 Å². The lowest BCUT2D eigenvalue weighted by Gasteiger charge is -2.35. The fraction of sp³-hybridized carbons (Fsp3) is 0.429. The molecule has 0 radical (unpaired) electrons. The minimum absolute atomic E-state index is 0.0178. The van der Waals surface area contributed by atoms with Crippen LogP contribution in [0.25, 0.3) is 11.0 Å².